The fourth-order valence-corrected chi connectivity index (χ4v) is 2.34. The number of nitrogens with zero attached hydrogens (tertiary/aromatic N) is 2. The molecule has 21 heavy (non-hydrogen) atoms. The maximum Gasteiger partial charge on any atom is 0.339 e. The van der Waals surface area contributed by atoms with Crippen LogP contribution in [0.5, 0.6) is 0 Å². The number of aryl methyl sites for hydroxylation is 2. The van der Waals surface area contributed by atoms with Crippen LogP contribution in [0.3, 0.4) is 0 Å². The van der Waals surface area contributed by atoms with Crippen molar-refractivity contribution in [3.63, 3.8) is 0 Å². The van der Waals surface area contributed by atoms with Crippen molar-refractivity contribution in [3.05, 3.63) is 58.7 Å². The molecule has 0 saturated carbocycles. The molecule has 0 aliphatic heterocycles. The van der Waals surface area contributed by atoms with E-state index in [2.05, 4.69) is 4.98 Å². The Bertz CT molecular complexity index is 686. The van der Waals surface area contributed by atoms with Gasteiger partial charge < -0.3 is 10.0 Å². The van der Waals surface area contributed by atoms with Gasteiger partial charge in [0.1, 0.15) is 11.4 Å². The molecular weight excluding hydrogens is 271 g/mol. The predicted octanol–water partition coefficient (Wildman–Crippen LogP) is 3.17. The number of aromatic nitrogens is 1. The fraction of sp³-hybridized carbons (Fsp3) is 0.250. The van der Waals surface area contributed by atoms with Gasteiger partial charge in [0.15, 0.2) is 0 Å². The second kappa shape index (κ2) is 5.91. The lowest BCUT2D eigenvalue weighted by Gasteiger charge is -2.23. The minimum Gasteiger partial charge on any atom is -0.478 e. The molecular formula is C16H17FN2O2. The minimum absolute atomic E-state index is 0.152. The first-order valence-electron chi connectivity index (χ1n) is 6.56. The number of anilines is 1. The summed E-state index contributed by atoms with van der Waals surface area (Å²) in [6.07, 6.45) is 0. The molecule has 5 heteroatoms. The summed E-state index contributed by atoms with van der Waals surface area (Å²) in [5.74, 6) is -1.33. The van der Waals surface area contributed by atoms with Crippen LogP contribution in [-0.4, -0.2) is 23.1 Å². The number of benzene rings is 1. The van der Waals surface area contributed by atoms with Gasteiger partial charge in [-0.3, -0.25) is 4.98 Å². The lowest BCUT2D eigenvalue weighted by molar-refractivity contribution is 0.0696. The van der Waals surface area contributed by atoms with Crippen molar-refractivity contribution in [3.8, 4) is 0 Å². The number of hydrogen-bond donors (Lipinski definition) is 1. The Hall–Kier alpha value is -2.43. The van der Waals surface area contributed by atoms with E-state index in [1.165, 1.54) is 6.07 Å². The van der Waals surface area contributed by atoms with Crippen molar-refractivity contribution in [2.75, 3.05) is 11.9 Å². The molecule has 0 spiro atoms. The number of carboxylic acid groups (broad SMARTS) is 1. The third-order valence-corrected chi connectivity index (χ3v) is 3.30. The molecule has 110 valence electrons. The summed E-state index contributed by atoms with van der Waals surface area (Å²) in [5.41, 5.74) is 2.39. The quantitative estimate of drug-likeness (QED) is 0.939. The van der Waals surface area contributed by atoms with Crippen LogP contribution in [0.25, 0.3) is 0 Å². The van der Waals surface area contributed by atoms with Crippen molar-refractivity contribution >= 4 is 11.7 Å². The number of rotatable bonds is 4. The summed E-state index contributed by atoms with van der Waals surface area (Å²) in [5, 5.41) is 9.37. The van der Waals surface area contributed by atoms with Crippen LogP contribution in [0.4, 0.5) is 10.1 Å². The normalized spacial score (nSPS) is 10.5. The standard InChI is InChI=1S/C16H17FN2O2/c1-10-8-14(15(16(20)21)11(2)18-10)19(3)9-12-6-4-5-7-13(12)17/h4-8H,9H2,1-3H3,(H,20,21). The zero-order valence-electron chi connectivity index (χ0n) is 12.2. The number of hydrogen-bond acceptors (Lipinski definition) is 3. The van der Waals surface area contributed by atoms with E-state index < -0.39 is 5.97 Å². The average Bonchev–Trinajstić information content (AvgIpc) is 2.39. The maximum absolute atomic E-state index is 13.7. The molecule has 1 aromatic carbocycles. The Morgan fingerprint density at radius 2 is 2.00 bits per heavy atom. The molecule has 0 aliphatic rings. The van der Waals surface area contributed by atoms with Gasteiger partial charge in [-0.2, -0.15) is 0 Å². The zero-order valence-corrected chi connectivity index (χ0v) is 12.2. The lowest BCUT2D eigenvalue weighted by atomic mass is 10.1. The Kier molecular flexibility index (Phi) is 4.21. The third kappa shape index (κ3) is 3.18. The molecule has 0 aliphatic carbocycles. The number of pyridine rings is 1. The van der Waals surface area contributed by atoms with E-state index in [-0.39, 0.29) is 17.9 Å². The van der Waals surface area contributed by atoms with Crippen LogP contribution in [0.2, 0.25) is 0 Å². The number of aromatic carboxylic acids is 1. The summed E-state index contributed by atoms with van der Waals surface area (Å²) < 4.78 is 13.7. The van der Waals surface area contributed by atoms with Gasteiger partial charge in [0, 0.05) is 24.8 Å². The van der Waals surface area contributed by atoms with Crippen molar-refractivity contribution in [1.29, 1.82) is 0 Å². The van der Waals surface area contributed by atoms with Gasteiger partial charge >= 0.3 is 5.97 Å². The molecule has 0 bridgehead atoms. The van der Waals surface area contributed by atoms with E-state index in [9.17, 15) is 14.3 Å². The van der Waals surface area contributed by atoms with Gasteiger partial charge in [-0.05, 0) is 26.0 Å². The summed E-state index contributed by atoms with van der Waals surface area (Å²) >= 11 is 0. The van der Waals surface area contributed by atoms with Crippen LogP contribution >= 0.6 is 0 Å². The molecule has 0 saturated heterocycles. The highest BCUT2D eigenvalue weighted by molar-refractivity contribution is 5.95. The van der Waals surface area contributed by atoms with E-state index >= 15 is 0 Å². The van der Waals surface area contributed by atoms with Crippen molar-refractivity contribution < 1.29 is 14.3 Å². The van der Waals surface area contributed by atoms with E-state index in [0.717, 1.165) is 5.69 Å². The van der Waals surface area contributed by atoms with Crippen LogP contribution in [0, 0.1) is 19.7 Å². The van der Waals surface area contributed by atoms with Crippen LogP contribution in [-0.2, 0) is 6.54 Å². The summed E-state index contributed by atoms with van der Waals surface area (Å²) in [6, 6.07) is 8.17. The lowest BCUT2D eigenvalue weighted by Crippen LogP contribution is -2.21. The van der Waals surface area contributed by atoms with Crippen LogP contribution in [0.1, 0.15) is 27.3 Å². The summed E-state index contributed by atoms with van der Waals surface area (Å²) in [7, 11) is 1.74. The second-order valence-electron chi connectivity index (χ2n) is 5.00. The first-order chi connectivity index (χ1) is 9.90. The van der Waals surface area contributed by atoms with Crippen molar-refractivity contribution in [2.24, 2.45) is 0 Å². The molecule has 1 aromatic heterocycles. The van der Waals surface area contributed by atoms with Gasteiger partial charge in [-0.15, -0.1) is 0 Å². The van der Waals surface area contributed by atoms with Crippen LogP contribution < -0.4 is 4.90 Å². The Balaban J connectivity index is 2.41. The van der Waals surface area contributed by atoms with E-state index in [4.69, 9.17) is 0 Å². The maximum atomic E-state index is 13.7. The number of carboxylic acids is 1. The van der Waals surface area contributed by atoms with Crippen LogP contribution in [0.15, 0.2) is 30.3 Å². The molecule has 0 radical (unpaired) electrons. The van der Waals surface area contributed by atoms with E-state index in [1.807, 2.05) is 0 Å². The minimum atomic E-state index is -1.03. The molecule has 0 fully saturated rings. The first kappa shape index (κ1) is 15.0. The first-order valence-corrected chi connectivity index (χ1v) is 6.56. The van der Waals surface area contributed by atoms with E-state index in [1.54, 1.807) is 50.1 Å². The van der Waals surface area contributed by atoms with E-state index in [0.29, 0.717) is 16.9 Å². The highest BCUT2D eigenvalue weighted by atomic mass is 19.1. The Morgan fingerprint density at radius 1 is 1.33 bits per heavy atom. The highest BCUT2D eigenvalue weighted by Crippen LogP contribution is 2.25. The van der Waals surface area contributed by atoms with Gasteiger partial charge in [0.25, 0.3) is 0 Å². The average molecular weight is 288 g/mol. The SMILES string of the molecule is Cc1cc(N(C)Cc2ccccc2F)c(C(=O)O)c(C)n1. The molecule has 0 unspecified atom stereocenters. The molecule has 2 aromatic rings. The molecule has 1 heterocycles. The zero-order chi connectivity index (χ0) is 15.6. The fourth-order valence-electron chi connectivity index (χ4n) is 2.34. The summed E-state index contributed by atoms with van der Waals surface area (Å²) in [6.45, 7) is 3.76. The smallest absolute Gasteiger partial charge is 0.339 e. The Morgan fingerprint density at radius 3 is 2.62 bits per heavy atom. The third-order valence-electron chi connectivity index (χ3n) is 3.30. The molecule has 4 nitrogen and oxygen atoms in total. The topological polar surface area (TPSA) is 53.4 Å². The molecule has 2 rings (SSSR count). The predicted molar refractivity (Wildman–Crippen MR) is 79.2 cm³/mol. The van der Waals surface area contributed by atoms with Gasteiger partial charge in [0.05, 0.1) is 11.4 Å². The van der Waals surface area contributed by atoms with Gasteiger partial charge in [-0.25, -0.2) is 9.18 Å². The van der Waals surface area contributed by atoms with Crippen molar-refractivity contribution in [1.82, 2.24) is 4.98 Å². The molecule has 1 N–H and O–H groups in total. The highest BCUT2D eigenvalue weighted by Gasteiger charge is 2.19. The summed E-state index contributed by atoms with van der Waals surface area (Å²) in [4.78, 5) is 17.3. The molecule has 0 atom stereocenters. The largest absolute Gasteiger partial charge is 0.478 e. The van der Waals surface area contributed by atoms with Gasteiger partial charge in [0.2, 0.25) is 0 Å². The second-order valence-corrected chi connectivity index (χ2v) is 5.00. The number of carbonyl (C=O) groups is 1. The molecule has 0 amide bonds. The monoisotopic (exact) mass is 288 g/mol. The van der Waals surface area contributed by atoms with Gasteiger partial charge in [-0.1, -0.05) is 18.2 Å². The van der Waals surface area contributed by atoms with Crippen molar-refractivity contribution in [2.45, 2.75) is 20.4 Å². The number of halogens is 1. The Labute approximate surface area is 122 Å².